The summed E-state index contributed by atoms with van der Waals surface area (Å²) < 4.78 is 7.64. The Kier molecular flexibility index (Phi) is 5.03. The standard InChI is InChI=1S/C21H29N5O2/c27-21-14-16-4-3-6-17(16)23-26(21)13-12-24-8-10-25(11-9-24)15-20-22-18-5-1-2-7-19(18)28-20/h14H,1-13,15H2. The minimum atomic E-state index is 0.0483. The topological polar surface area (TPSA) is 67.4 Å². The van der Waals surface area contributed by atoms with Crippen LogP contribution in [0.3, 0.4) is 0 Å². The lowest BCUT2D eigenvalue weighted by molar-refractivity contribution is 0.115. The third-order valence-electron chi connectivity index (χ3n) is 6.37. The number of piperazine rings is 1. The predicted molar refractivity (Wildman–Crippen MR) is 105 cm³/mol. The molecule has 150 valence electrons. The molecule has 0 radical (unpaired) electrons. The van der Waals surface area contributed by atoms with Crippen LogP contribution >= 0.6 is 0 Å². The zero-order valence-corrected chi connectivity index (χ0v) is 16.5. The first-order valence-electron chi connectivity index (χ1n) is 10.8. The van der Waals surface area contributed by atoms with Gasteiger partial charge < -0.3 is 4.42 Å². The highest BCUT2D eigenvalue weighted by Gasteiger charge is 2.22. The van der Waals surface area contributed by atoms with Crippen molar-refractivity contribution in [2.75, 3.05) is 32.7 Å². The fourth-order valence-corrected chi connectivity index (χ4v) is 4.67. The number of aromatic nitrogens is 3. The lowest BCUT2D eigenvalue weighted by atomic mass is 10.0. The van der Waals surface area contributed by atoms with Crippen molar-refractivity contribution < 1.29 is 4.42 Å². The van der Waals surface area contributed by atoms with E-state index in [1.54, 1.807) is 10.7 Å². The van der Waals surface area contributed by atoms with Gasteiger partial charge in [0.2, 0.25) is 5.89 Å². The third kappa shape index (κ3) is 3.78. The smallest absolute Gasteiger partial charge is 0.267 e. The molecule has 0 bridgehead atoms. The quantitative estimate of drug-likeness (QED) is 0.778. The number of rotatable bonds is 5. The monoisotopic (exact) mass is 383 g/mol. The molecule has 0 spiro atoms. The Labute approximate surface area is 165 Å². The van der Waals surface area contributed by atoms with Crippen molar-refractivity contribution in [3.05, 3.63) is 45.0 Å². The van der Waals surface area contributed by atoms with Gasteiger partial charge in [0.05, 0.1) is 24.5 Å². The highest BCUT2D eigenvalue weighted by Crippen LogP contribution is 2.22. The molecule has 5 rings (SSSR count). The maximum atomic E-state index is 12.2. The van der Waals surface area contributed by atoms with Gasteiger partial charge >= 0.3 is 0 Å². The Morgan fingerprint density at radius 3 is 2.54 bits per heavy atom. The number of hydrogen-bond donors (Lipinski definition) is 0. The van der Waals surface area contributed by atoms with Crippen molar-refractivity contribution in [2.45, 2.75) is 58.0 Å². The summed E-state index contributed by atoms with van der Waals surface area (Å²) in [5, 5.41) is 4.59. The van der Waals surface area contributed by atoms with Gasteiger partial charge in [-0.2, -0.15) is 5.10 Å². The van der Waals surface area contributed by atoms with Crippen molar-refractivity contribution in [1.29, 1.82) is 0 Å². The first-order chi connectivity index (χ1) is 13.7. The number of nitrogens with zero attached hydrogens (tertiary/aromatic N) is 5. The Bertz CT molecular complexity index is 871. The molecule has 28 heavy (non-hydrogen) atoms. The molecular weight excluding hydrogens is 354 g/mol. The average molecular weight is 383 g/mol. The largest absolute Gasteiger partial charge is 0.444 e. The lowest BCUT2D eigenvalue weighted by Crippen LogP contribution is -2.47. The van der Waals surface area contributed by atoms with E-state index in [2.05, 4.69) is 14.9 Å². The van der Waals surface area contributed by atoms with Gasteiger partial charge in [-0.3, -0.25) is 14.6 Å². The van der Waals surface area contributed by atoms with Crippen molar-refractivity contribution in [2.24, 2.45) is 0 Å². The fourth-order valence-electron chi connectivity index (χ4n) is 4.67. The maximum Gasteiger partial charge on any atom is 0.267 e. The van der Waals surface area contributed by atoms with E-state index in [1.165, 1.54) is 18.5 Å². The molecule has 3 aliphatic rings. The molecule has 7 nitrogen and oxygen atoms in total. The predicted octanol–water partition coefficient (Wildman–Crippen LogP) is 1.42. The van der Waals surface area contributed by atoms with E-state index in [-0.39, 0.29) is 5.56 Å². The second-order valence-corrected chi connectivity index (χ2v) is 8.33. The van der Waals surface area contributed by atoms with Gasteiger partial charge in [-0.15, -0.1) is 0 Å². The number of fused-ring (bicyclic) bond motifs is 2. The van der Waals surface area contributed by atoms with Gasteiger partial charge in [0.15, 0.2) is 0 Å². The second kappa shape index (κ2) is 7.79. The molecule has 0 saturated carbocycles. The summed E-state index contributed by atoms with van der Waals surface area (Å²) >= 11 is 0. The van der Waals surface area contributed by atoms with E-state index >= 15 is 0 Å². The molecule has 2 aromatic rings. The maximum absolute atomic E-state index is 12.2. The number of oxazole rings is 1. The Morgan fingerprint density at radius 2 is 1.68 bits per heavy atom. The van der Waals surface area contributed by atoms with Crippen LogP contribution in [0.15, 0.2) is 15.3 Å². The van der Waals surface area contributed by atoms with Gasteiger partial charge in [-0.05, 0) is 44.1 Å². The van der Waals surface area contributed by atoms with E-state index in [0.29, 0.717) is 6.54 Å². The zero-order chi connectivity index (χ0) is 18.9. The molecule has 0 aromatic carbocycles. The van der Waals surface area contributed by atoms with Crippen molar-refractivity contribution in [3.8, 4) is 0 Å². The highest BCUT2D eigenvalue weighted by atomic mass is 16.4. The van der Waals surface area contributed by atoms with Crippen LogP contribution in [0.25, 0.3) is 0 Å². The molecule has 0 unspecified atom stereocenters. The Balaban J connectivity index is 1.12. The molecule has 2 aromatic heterocycles. The Morgan fingerprint density at radius 1 is 0.893 bits per heavy atom. The molecule has 2 aliphatic carbocycles. The van der Waals surface area contributed by atoms with Gasteiger partial charge in [-0.25, -0.2) is 9.67 Å². The SMILES string of the molecule is O=c1cc2c(nn1CCN1CCN(Cc3nc4c(o3)CCCC4)CC1)CCC2. The van der Waals surface area contributed by atoms with Crippen molar-refractivity contribution in [1.82, 2.24) is 24.6 Å². The summed E-state index contributed by atoms with van der Waals surface area (Å²) in [6.07, 6.45) is 7.73. The first kappa shape index (κ1) is 18.1. The molecule has 7 heteroatoms. The van der Waals surface area contributed by atoms with Crippen LogP contribution in [0.5, 0.6) is 0 Å². The van der Waals surface area contributed by atoms with E-state index in [0.717, 1.165) is 94.3 Å². The van der Waals surface area contributed by atoms with Crippen LogP contribution in [0.2, 0.25) is 0 Å². The van der Waals surface area contributed by atoms with E-state index in [9.17, 15) is 4.79 Å². The highest BCUT2D eigenvalue weighted by molar-refractivity contribution is 5.22. The van der Waals surface area contributed by atoms with Gasteiger partial charge in [-0.1, -0.05) is 0 Å². The summed E-state index contributed by atoms with van der Waals surface area (Å²) in [6.45, 7) is 6.43. The lowest BCUT2D eigenvalue weighted by Gasteiger charge is -2.33. The van der Waals surface area contributed by atoms with Gasteiger partial charge in [0.1, 0.15) is 5.76 Å². The van der Waals surface area contributed by atoms with E-state index in [1.807, 2.05) is 0 Å². The molecule has 0 N–H and O–H groups in total. The summed E-state index contributed by atoms with van der Waals surface area (Å²) in [5.74, 6) is 2.00. The molecule has 0 amide bonds. The summed E-state index contributed by atoms with van der Waals surface area (Å²) in [5.41, 5.74) is 3.51. The zero-order valence-electron chi connectivity index (χ0n) is 16.5. The van der Waals surface area contributed by atoms with Crippen molar-refractivity contribution >= 4 is 0 Å². The van der Waals surface area contributed by atoms with E-state index < -0.39 is 0 Å². The van der Waals surface area contributed by atoms with Crippen LogP contribution in [0.1, 0.15) is 47.9 Å². The molecule has 1 fully saturated rings. The van der Waals surface area contributed by atoms with Crippen LogP contribution in [-0.4, -0.2) is 57.3 Å². The van der Waals surface area contributed by atoms with Crippen LogP contribution in [0.4, 0.5) is 0 Å². The molecular formula is C21H29N5O2. The van der Waals surface area contributed by atoms with Gasteiger partial charge in [0.25, 0.3) is 5.56 Å². The minimum absolute atomic E-state index is 0.0483. The summed E-state index contributed by atoms with van der Waals surface area (Å²) in [4.78, 5) is 21.8. The molecule has 0 atom stereocenters. The van der Waals surface area contributed by atoms with E-state index in [4.69, 9.17) is 9.40 Å². The number of aryl methyl sites for hydroxylation is 4. The van der Waals surface area contributed by atoms with Gasteiger partial charge in [0, 0.05) is 45.2 Å². The number of hydrogen-bond acceptors (Lipinski definition) is 6. The average Bonchev–Trinajstić information content (AvgIpc) is 3.32. The fraction of sp³-hybridized carbons (Fsp3) is 0.667. The third-order valence-corrected chi connectivity index (χ3v) is 6.37. The molecule has 1 aliphatic heterocycles. The summed E-state index contributed by atoms with van der Waals surface area (Å²) in [7, 11) is 0. The van der Waals surface area contributed by atoms with Crippen molar-refractivity contribution in [3.63, 3.8) is 0 Å². The van der Waals surface area contributed by atoms with Crippen LogP contribution in [-0.2, 0) is 38.8 Å². The Hall–Kier alpha value is -1.99. The normalized spacial score (nSPS) is 20.3. The first-order valence-corrected chi connectivity index (χ1v) is 10.8. The minimum Gasteiger partial charge on any atom is -0.444 e. The second-order valence-electron chi connectivity index (χ2n) is 8.33. The van der Waals surface area contributed by atoms with Crippen LogP contribution < -0.4 is 5.56 Å². The molecule has 3 heterocycles. The van der Waals surface area contributed by atoms with Crippen LogP contribution in [0, 0.1) is 0 Å². The summed E-state index contributed by atoms with van der Waals surface area (Å²) in [6, 6.07) is 1.79. The molecule has 1 saturated heterocycles.